The fourth-order valence-electron chi connectivity index (χ4n) is 3.98. The molecular formula is C22H49AlOSi. The molecule has 0 aromatic heterocycles. The van der Waals surface area contributed by atoms with Gasteiger partial charge in [-0.2, -0.15) is 0 Å². The second kappa shape index (κ2) is 18.1. The van der Waals surface area contributed by atoms with E-state index in [0.717, 1.165) is 0 Å². The van der Waals surface area contributed by atoms with Crippen molar-refractivity contribution < 1.29 is 3.48 Å². The number of rotatable bonds is 19. The molecule has 0 saturated carbocycles. The predicted octanol–water partition coefficient (Wildman–Crippen LogP) is 8.72. The van der Waals surface area contributed by atoms with E-state index >= 15 is 0 Å². The second-order valence-electron chi connectivity index (χ2n) is 8.17. The highest BCUT2D eigenvalue weighted by atomic mass is 28.4. The molecule has 0 saturated heterocycles. The van der Waals surface area contributed by atoms with Crippen LogP contribution < -0.4 is 0 Å². The predicted molar refractivity (Wildman–Crippen MR) is 120 cm³/mol. The van der Waals surface area contributed by atoms with E-state index < -0.39 is 22.8 Å². The maximum atomic E-state index is 7.15. The third-order valence-corrected chi connectivity index (χ3v) is 14.7. The van der Waals surface area contributed by atoms with Crippen LogP contribution in [-0.4, -0.2) is 22.8 Å². The van der Waals surface area contributed by atoms with Crippen LogP contribution in [-0.2, 0) is 3.48 Å². The Bertz CT molecular complexity index is 237. The summed E-state index contributed by atoms with van der Waals surface area (Å²) in [6, 6.07) is 4.40. The van der Waals surface area contributed by atoms with E-state index in [1.165, 1.54) is 106 Å². The second-order valence-corrected chi connectivity index (χ2v) is 15.9. The molecule has 0 spiro atoms. The first-order chi connectivity index (χ1) is 12.2. The summed E-state index contributed by atoms with van der Waals surface area (Å²) >= 11 is -0.932. The van der Waals surface area contributed by atoms with E-state index in [0.29, 0.717) is 0 Å². The molecule has 0 aromatic carbocycles. The Hall–Kier alpha value is 0.709. The van der Waals surface area contributed by atoms with Crippen LogP contribution in [0.2, 0.25) is 28.7 Å². The minimum Gasteiger partial charge on any atom is -0.545 e. The van der Waals surface area contributed by atoms with Crippen LogP contribution in [0.5, 0.6) is 0 Å². The first-order valence-electron chi connectivity index (χ1n) is 11.9. The van der Waals surface area contributed by atoms with E-state index in [-0.39, 0.29) is 0 Å². The average molecular weight is 385 g/mol. The van der Waals surface area contributed by atoms with Gasteiger partial charge in [0.05, 0.1) is 0 Å². The summed E-state index contributed by atoms with van der Waals surface area (Å²) in [4.78, 5) is 0. The van der Waals surface area contributed by atoms with Crippen molar-refractivity contribution in [3.05, 3.63) is 0 Å². The molecule has 0 aliphatic heterocycles. The molecule has 0 heterocycles. The van der Waals surface area contributed by atoms with Gasteiger partial charge in [0.2, 0.25) is 0 Å². The van der Waals surface area contributed by atoms with Crippen molar-refractivity contribution in [3.63, 3.8) is 0 Å². The molecule has 0 N–H and O–H groups in total. The van der Waals surface area contributed by atoms with Crippen LogP contribution in [0.25, 0.3) is 0 Å². The molecule has 0 rings (SSSR count). The van der Waals surface area contributed by atoms with Crippen LogP contribution >= 0.6 is 0 Å². The Balaban J connectivity index is 4.85. The summed E-state index contributed by atoms with van der Waals surface area (Å²) in [6.45, 7) is 11.7. The van der Waals surface area contributed by atoms with E-state index in [1.54, 1.807) is 0 Å². The number of unbranched alkanes of at least 4 members (excludes halogenated alkanes) is 9. The molecule has 0 unspecified atom stereocenters. The molecule has 25 heavy (non-hydrogen) atoms. The van der Waals surface area contributed by atoms with Gasteiger partial charge < -0.3 is 3.48 Å². The highest BCUT2D eigenvalue weighted by Gasteiger charge is 2.36. The van der Waals surface area contributed by atoms with Crippen molar-refractivity contribution >= 4 is 22.8 Å². The maximum Gasteiger partial charge on any atom is 0.449 e. The van der Waals surface area contributed by atoms with E-state index in [9.17, 15) is 0 Å². The standard InChI is InChI=1S/C18H39OSi.2C2H5.Al/c1-4-7-10-13-16-20(19,17-14-11-8-5-2)18-15-12-9-6-3;2*1-2;/h4-18H2,1-3H3;2*1H2,2H3;/q-1;;;+1. The molecular weight excluding hydrogens is 335 g/mol. The summed E-state index contributed by atoms with van der Waals surface area (Å²) in [5.41, 5.74) is 0. The molecule has 0 aliphatic carbocycles. The Morgan fingerprint density at radius 3 is 1.16 bits per heavy atom. The average Bonchev–Trinajstić information content (AvgIpc) is 2.64. The summed E-state index contributed by atoms with van der Waals surface area (Å²) < 4.78 is 7.15. The van der Waals surface area contributed by atoms with Crippen LogP contribution in [0.15, 0.2) is 0 Å². The third-order valence-electron chi connectivity index (χ3n) is 5.79. The summed E-state index contributed by atoms with van der Waals surface area (Å²) in [5, 5.41) is 2.67. The molecule has 1 nitrogen and oxygen atoms in total. The summed E-state index contributed by atoms with van der Waals surface area (Å²) in [7, 11) is -1.49. The van der Waals surface area contributed by atoms with E-state index in [4.69, 9.17) is 3.48 Å². The Labute approximate surface area is 166 Å². The smallest absolute Gasteiger partial charge is 0.449 e. The van der Waals surface area contributed by atoms with Crippen molar-refractivity contribution in [1.82, 2.24) is 0 Å². The molecule has 3 heteroatoms. The fraction of sp³-hybridized carbons (Fsp3) is 1.00. The Morgan fingerprint density at radius 1 is 0.520 bits per heavy atom. The molecule has 0 bridgehead atoms. The van der Waals surface area contributed by atoms with Crippen molar-refractivity contribution in [1.29, 1.82) is 0 Å². The lowest BCUT2D eigenvalue weighted by atomic mass is 10.2. The zero-order valence-electron chi connectivity index (χ0n) is 18.5. The largest absolute Gasteiger partial charge is 0.545 e. The van der Waals surface area contributed by atoms with Crippen molar-refractivity contribution in [2.45, 2.75) is 140 Å². The molecule has 0 fully saturated rings. The van der Waals surface area contributed by atoms with Crippen molar-refractivity contribution in [2.24, 2.45) is 0 Å². The number of hydrogen-bond donors (Lipinski definition) is 0. The van der Waals surface area contributed by atoms with E-state index in [2.05, 4.69) is 34.6 Å². The lowest BCUT2D eigenvalue weighted by Crippen LogP contribution is -2.43. The minimum atomic E-state index is -1.49. The summed E-state index contributed by atoms with van der Waals surface area (Å²) in [6.07, 6.45) is 16.9. The van der Waals surface area contributed by atoms with E-state index in [1.807, 2.05) is 0 Å². The van der Waals surface area contributed by atoms with Crippen LogP contribution in [0.3, 0.4) is 0 Å². The van der Waals surface area contributed by atoms with Gasteiger partial charge >= 0.3 is 14.5 Å². The molecule has 0 aliphatic rings. The molecule has 150 valence electrons. The van der Waals surface area contributed by atoms with Gasteiger partial charge in [0.1, 0.15) is 0 Å². The van der Waals surface area contributed by atoms with Crippen LogP contribution in [0.4, 0.5) is 0 Å². The SMILES string of the molecule is CCCCCC[Si](CCCCCC)(CCCCCC)[O][Al]([CH2]C)[CH2]C. The van der Waals surface area contributed by atoms with Gasteiger partial charge in [-0.15, -0.1) is 0 Å². The highest BCUT2D eigenvalue weighted by Crippen LogP contribution is 2.32. The van der Waals surface area contributed by atoms with Gasteiger partial charge in [-0.25, -0.2) is 0 Å². The lowest BCUT2D eigenvalue weighted by Gasteiger charge is -2.36. The van der Waals surface area contributed by atoms with Gasteiger partial charge in [-0.05, 0) is 18.1 Å². The van der Waals surface area contributed by atoms with Crippen LogP contribution in [0.1, 0.15) is 112 Å². The lowest BCUT2D eigenvalue weighted by molar-refractivity contribution is 0.508. The van der Waals surface area contributed by atoms with Crippen molar-refractivity contribution in [3.8, 4) is 0 Å². The van der Waals surface area contributed by atoms with Gasteiger partial charge in [0, 0.05) is 0 Å². The Morgan fingerprint density at radius 2 is 0.880 bits per heavy atom. The fourth-order valence-corrected chi connectivity index (χ4v) is 13.6. The van der Waals surface area contributed by atoms with Gasteiger partial charge in [-0.1, -0.05) is 122 Å². The topological polar surface area (TPSA) is 9.23 Å². The highest BCUT2D eigenvalue weighted by molar-refractivity contribution is 6.80. The monoisotopic (exact) mass is 384 g/mol. The zero-order chi connectivity index (χ0) is 18.8. The first-order valence-corrected chi connectivity index (χ1v) is 16.5. The molecule has 0 radical (unpaired) electrons. The van der Waals surface area contributed by atoms with Gasteiger partial charge in [0.25, 0.3) is 0 Å². The minimum absolute atomic E-state index is 0.932. The maximum absolute atomic E-state index is 7.15. The normalized spacial score (nSPS) is 11.9. The first kappa shape index (κ1) is 25.7. The third kappa shape index (κ3) is 13.5. The van der Waals surface area contributed by atoms with Crippen molar-refractivity contribution in [2.75, 3.05) is 0 Å². The molecule has 0 atom stereocenters. The Kier molecular flexibility index (Phi) is 18.6. The zero-order valence-corrected chi connectivity index (χ0v) is 20.7. The van der Waals surface area contributed by atoms with Crippen LogP contribution in [0, 0.1) is 0 Å². The number of hydrogen-bond acceptors (Lipinski definition) is 1. The van der Waals surface area contributed by atoms with Gasteiger partial charge in [0.15, 0.2) is 8.32 Å². The molecule has 0 amide bonds. The summed E-state index contributed by atoms with van der Waals surface area (Å²) in [5.74, 6) is 0. The van der Waals surface area contributed by atoms with Gasteiger partial charge in [-0.3, -0.25) is 0 Å². The molecule has 0 aromatic rings. The quantitative estimate of drug-likeness (QED) is 0.160.